The summed E-state index contributed by atoms with van der Waals surface area (Å²) in [5.41, 5.74) is 0.822. The molecule has 0 amide bonds. The zero-order valence-electron chi connectivity index (χ0n) is 11.1. The van der Waals surface area contributed by atoms with Gasteiger partial charge < -0.3 is 0 Å². The largest absolute Gasteiger partial charge is 0.274 e. The van der Waals surface area contributed by atoms with Crippen LogP contribution in [0.25, 0.3) is 0 Å². The molecule has 1 aliphatic rings. The molecule has 0 spiro atoms. The van der Waals surface area contributed by atoms with Crippen molar-refractivity contribution >= 4 is 5.91 Å². The highest BCUT2D eigenvalue weighted by atomic mass is 16.2. The molecule has 0 aliphatic heterocycles. The minimum absolute atomic E-state index is 0.146. The number of pyridine rings is 1. The van der Waals surface area contributed by atoms with Crippen LogP contribution in [0.1, 0.15) is 56.7 Å². The summed E-state index contributed by atoms with van der Waals surface area (Å²) in [6, 6.07) is 6.20. The van der Waals surface area contributed by atoms with Crippen LogP contribution in [0.15, 0.2) is 29.4 Å². The summed E-state index contributed by atoms with van der Waals surface area (Å²) in [6.07, 6.45) is 9.49. The second kappa shape index (κ2) is 6.53. The van der Waals surface area contributed by atoms with Crippen LogP contribution in [0, 0.1) is 0 Å². The van der Waals surface area contributed by atoms with Gasteiger partial charge >= 0.3 is 0 Å². The molecule has 3 heteroatoms. The highest BCUT2D eigenvalue weighted by Gasteiger charge is 2.12. The van der Waals surface area contributed by atoms with Gasteiger partial charge in [-0.3, -0.25) is 14.4 Å². The van der Waals surface area contributed by atoms with Crippen LogP contribution >= 0.6 is 0 Å². The molecule has 3 nitrogen and oxygen atoms in total. The van der Waals surface area contributed by atoms with E-state index >= 15 is 0 Å². The van der Waals surface area contributed by atoms with Crippen LogP contribution in [0.5, 0.6) is 0 Å². The van der Waals surface area contributed by atoms with Crippen molar-refractivity contribution in [2.24, 2.45) is 4.99 Å². The fraction of sp³-hybridized carbons (Fsp3) is 0.600. The predicted molar refractivity (Wildman–Crippen MR) is 72.4 cm³/mol. The van der Waals surface area contributed by atoms with E-state index in [0.29, 0.717) is 12.5 Å². The van der Waals surface area contributed by atoms with E-state index in [2.05, 4.69) is 0 Å². The molecule has 1 aromatic heterocycles. The molecular formula is C15H22N2O. The van der Waals surface area contributed by atoms with E-state index in [4.69, 9.17) is 4.99 Å². The number of hydrogen-bond acceptors (Lipinski definition) is 2. The molecule has 98 valence electrons. The monoisotopic (exact) mass is 246 g/mol. The van der Waals surface area contributed by atoms with E-state index < -0.39 is 0 Å². The third-order valence-corrected chi connectivity index (χ3v) is 3.46. The lowest BCUT2D eigenvalue weighted by atomic mass is 9.96. The SMILES string of the molecule is CCCC(=O)n1ccccc1=NC1CCCCC1. The Hall–Kier alpha value is -1.38. The number of hydrogen-bond donors (Lipinski definition) is 0. The van der Waals surface area contributed by atoms with E-state index in [1.807, 2.05) is 31.3 Å². The Balaban J connectivity index is 2.25. The van der Waals surface area contributed by atoms with Crippen LogP contribution in [0.3, 0.4) is 0 Å². The number of carbonyl (C=O) groups excluding carboxylic acids is 1. The number of nitrogens with zero attached hydrogens (tertiary/aromatic N) is 2. The third-order valence-electron chi connectivity index (χ3n) is 3.46. The molecule has 0 saturated heterocycles. The van der Waals surface area contributed by atoms with Gasteiger partial charge in [0.05, 0.1) is 6.04 Å². The van der Waals surface area contributed by atoms with Gasteiger partial charge in [-0.25, -0.2) is 0 Å². The predicted octanol–water partition coefficient (Wildman–Crippen LogP) is 3.16. The summed E-state index contributed by atoms with van der Waals surface area (Å²) in [6.45, 7) is 2.03. The molecule has 0 N–H and O–H groups in total. The van der Waals surface area contributed by atoms with Crippen molar-refractivity contribution in [3.63, 3.8) is 0 Å². The van der Waals surface area contributed by atoms with Gasteiger partial charge in [-0.1, -0.05) is 32.3 Å². The van der Waals surface area contributed by atoms with Crippen molar-refractivity contribution in [1.82, 2.24) is 4.57 Å². The van der Waals surface area contributed by atoms with Crippen molar-refractivity contribution in [1.29, 1.82) is 0 Å². The molecular weight excluding hydrogens is 224 g/mol. The summed E-state index contributed by atoms with van der Waals surface area (Å²) in [7, 11) is 0. The van der Waals surface area contributed by atoms with Gasteiger partial charge in [0.15, 0.2) is 0 Å². The highest BCUT2D eigenvalue weighted by molar-refractivity contribution is 5.78. The van der Waals surface area contributed by atoms with E-state index in [9.17, 15) is 4.79 Å². The first kappa shape index (κ1) is 13.1. The van der Waals surface area contributed by atoms with Gasteiger partial charge in [-0.2, -0.15) is 0 Å². The molecule has 0 radical (unpaired) electrons. The minimum Gasteiger partial charge on any atom is -0.274 e. The summed E-state index contributed by atoms with van der Waals surface area (Å²) in [5.74, 6) is 0.146. The van der Waals surface area contributed by atoms with Crippen LogP contribution in [-0.4, -0.2) is 16.5 Å². The van der Waals surface area contributed by atoms with Crippen molar-refractivity contribution in [3.8, 4) is 0 Å². The molecule has 0 bridgehead atoms. The number of aromatic nitrogens is 1. The Morgan fingerprint density at radius 3 is 2.83 bits per heavy atom. The fourth-order valence-corrected chi connectivity index (χ4v) is 2.48. The Labute approximate surface area is 109 Å². The number of carbonyl (C=O) groups is 1. The Kier molecular flexibility index (Phi) is 4.73. The standard InChI is InChI=1S/C15H22N2O/c1-2-8-15(18)17-12-7-6-11-14(17)16-13-9-4-3-5-10-13/h6-7,11-13H,2-5,8-10H2,1H3. The quantitative estimate of drug-likeness (QED) is 0.806. The lowest BCUT2D eigenvalue weighted by Gasteiger charge is -2.17. The van der Waals surface area contributed by atoms with E-state index in [-0.39, 0.29) is 5.91 Å². The molecule has 1 fully saturated rings. The Morgan fingerprint density at radius 2 is 2.11 bits per heavy atom. The van der Waals surface area contributed by atoms with Gasteiger partial charge in [0.25, 0.3) is 0 Å². The van der Waals surface area contributed by atoms with Crippen molar-refractivity contribution < 1.29 is 4.79 Å². The topological polar surface area (TPSA) is 34.4 Å². The lowest BCUT2D eigenvalue weighted by molar-refractivity contribution is 0.0896. The molecule has 1 aliphatic carbocycles. The maximum absolute atomic E-state index is 12.0. The normalized spacial score (nSPS) is 17.9. The zero-order chi connectivity index (χ0) is 12.8. The minimum atomic E-state index is 0.146. The summed E-state index contributed by atoms with van der Waals surface area (Å²) >= 11 is 0. The zero-order valence-corrected chi connectivity index (χ0v) is 11.1. The maximum Gasteiger partial charge on any atom is 0.232 e. The second-order valence-corrected chi connectivity index (χ2v) is 4.99. The molecule has 1 saturated carbocycles. The first-order valence-corrected chi connectivity index (χ1v) is 7.06. The van der Waals surface area contributed by atoms with Crippen molar-refractivity contribution in [3.05, 3.63) is 29.9 Å². The summed E-state index contributed by atoms with van der Waals surface area (Å²) < 4.78 is 1.71. The molecule has 1 heterocycles. The van der Waals surface area contributed by atoms with Gasteiger partial charge in [0, 0.05) is 12.6 Å². The molecule has 18 heavy (non-hydrogen) atoms. The molecule has 1 aromatic rings. The smallest absolute Gasteiger partial charge is 0.232 e. The maximum atomic E-state index is 12.0. The van der Waals surface area contributed by atoms with Crippen LogP contribution in [-0.2, 0) is 0 Å². The van der Waals surface area contributed by atoms with Gasteiger partial charge in [-0.05, 0) is 31.4 Å². The van der Waals surface area contributed by atoms with Gasteiger partial charge in [0.2, 0.25) is 5.91 Å². The molecule has 0 unspecified atom stereocenters. The molecule has 0 atom stereocenters. The van der Waals surface area contributed by atoms with Gasteiger partial charge in [0.1, 0.15) is 5.49 Å². The summed E-state index contributed by atoms with van der Waals surface area (Å²) in [5, 5.41) is 0. The van der Waals surface area contributed by atoms with E-state index in [1.165, 1.54) is 19.3 Å². The summed E-state index contributed by atoms with van der Waals surface area (Å²) in [4.78, 5) is 16.8. The average molecular weight is 246 g/mol. The lowest BCUT2D eigenvalue weighted by Crippen LogP contribution is -2.28. The molecule has 0 aromatic carbocycles. The van der Waals surface area contributed by atoms with Crippen LogP contribution in [0.4, 0.5) is 0 Å². The molecule has 2 rings (SSSR count). The Morgan fingerprint density at radius 1 is 1.33 bits per heavy atom. The van der Waals surface area contributed by atoms with Crippen molar-refractivity contribution in [2.45, 2.75) is 57.9 Å². The fourth-order valence-electron chi connectivity index (χ4n) is 2.48. The average Bonchev–Trinajstić information content (AvgIpc) is 2.41. The van der Waals surface area contributed by atoms with E-state index in [0.717, 1.165) is 24.8 Å². The highest BCUT2D eigenvalue weighted by Crippen LogP contribution is 2.19. The van der Waals surface area contributed by atoms with Gasteiger partial charge in [-0.15, -0.1) is 0 Å². The van der Waals surface area contributed by atoms with E-state index in [1.54, 1.807) is 4.57 Å². The number of rotatable bonds is 3. The third kappa shape index (κ3) is 3.31. The first-order valence-electron chi connectivity index (χ1n) is 7.06. The Bertz CT molecular complexity index is 456. The van der Waals surface area contributed by atoms with Crippen molar-refractivity contribution in [2.75, 3.05) is 0 Å². The first-order chi connectivity index (χ1) is 8.81. The van der Waals surface area contributed by atoms with Crippen LogP contribution in [0.2, 0.25) is 0 Å². The van der Waals surface area contributed by atoms with Crippen LogP contribution < -0.4 is 5.49 Å². The second-order valence-electron chi connectivity index (χ2n) is 4.99.